The number of nitrogens with one attached hydrogen (secondary N) is 1. The minimum Gasteiger partial charge on any atom is -0.508 e. The number of likely N-dealkylation sites (tertiary alicyclic amines) is 2. The van der Waals surface area contributed by atoms with Gasteiger partial charge in [-0.2, -0.15) is 0 Å². The molecule has 8 aliphatic rings. The van der Waals surface area contributed by atoms with E-state index in [9.17, 15) is 69.6 Å². The molecule has 20 nitrogen and oxygen atoms in total. The van der Waals surface area contributed by atoms with Crippen LogP contribution in [0.1, 0.15) is 119 Å². The molecule has 0 bridgehead atoms. The van der Waals surface area contributed by atoms with E-state index in [1.165, 1.54) is 14.2 Å². The Morgan fingerprint density at radius 2 is 1.08 bits per heavy atom. The Balaban J connectivity index is 0.000000186. The number of aliphatic hydroxyl groups excluding tert-OH is 4. The number of aromatic hydroxyl groups is 2. The number of methoxy groups -OCH3 is 2. The summed E-state index contributed by atoms with van der Waals surface area (Å²) < 4.78 is 11.7. The maximum absolute atomic E-state index is 14.0. The first-order valence-corrected chi connectivity index (χ1v) is 26.2. The number of phenols is 2. The molecule has 6 aliphatic carbocycles. The first kappa shape index (κ1) is 54.4. The molecule has 2 aromatic rings. The predicted molar refractivity (Wildman–Crippen MR) is 274 cm³/mol. The molecular weight excluding hydrogens is 985 g/mol. The fourth-order valence-corrected chi connectivity index (χ4v) is 14.3. The maximum atomic E-state index is 14.0. The summed E-state index contributed by atoms with van der Waals surface area (Å²) in [4.78, 5) is 82.7. The summed E-state index contributed by atoms with van der Waals surface area (Å²) in [5.74, 6) is -11.1. The monoisotopic (exact) mass is 1050 g/mol. The Morgan fingerprint density at radius 1 is 0.671 bits per heavy atom. The lowest BCUT2D eigenvalue weighted by Gasteiger charge is -2.49. The third-order valence-corrected chi connectivity index (χ3v) is 17.7. The minimum absolute atomic E-state index is 0.0120. The molecule has 4 fully saturated rings. The molecule has 2 heterocycles. The van der Waals surface area contributed by atoms with Crippen LogP contribution in [0.3, 0.4) is 0 Å². The highest BCUT2D eigenvalue weighted by Gasteiger charge is 2.65. The van der Waals surface area contributed by atoms with E-state index in [0.717, 1.165) is 76.8 Å². The van der Waals surface area contributed by atoms with Gasteiger partial charge < -0.3 is 61.4 Å². The quantitative estimate of drug-likeness (QED) is 0.151. The average Bonchev–Trinajstić information content (AvgIpc) is 4.17. The number of hydrogen-bond donors (Lipinski definition) is 10. The number of rotatable bonds is 10. The zero-order valence-corrected chi connectivity index (χ0v) is 43.8. The van der Waals surface area contributed by atoms with Crippen LogP contribution in [0.4, 0.5) is 0 Å². The van der Waals surface area contributed by atoms with E-state index in [4.69, 9.17) is 15.2 Å². The Hall–Kier alpha value is -6.42. The number of ether oxygens (including phenoxy) is 2. The van der Waals surface area contributed by atoms with Crippen LogP contribution in [-0.4, -0.2) is 156 Å². The van der Waals surface area contributed by atoms with Crippen molar-refractivity contribution in [3.63, 3.8) is 0 Å². The summed E-state index contributed by atoms with van der Waals surface area (Å²) >= 11 is 0. The van der Waals surface area contributed by atoms with E-state index in [0.29, 0.717) is 29.2 Å². The molecule has 10 atom stereocenters. The number of Topliss-reactive ketones (excluding diaryl/α,β-unsaturated/α-hetero) is 6. The summed E-state index contributed by atoms with van der Waals surface area (Å²) in [6.45, 7) is 11.8. The number of nitrogens with zero attached hydrogens (tertiary/aromatic N) is 2. The van der Waals surface area contributed by atoms with Gasteiger partial charge >= 0.3 is 0 Å². The number of hydrogen-bond acceptors (Lipinski definition) is 20. The van der Waals surface area contributed by atoms with Crippen LogP contribution in [0.25, 0.3) is 11.5 Å². The molecule has 0 radical (unpaired) electrons. The van der Waals surface area contributed by atoms with Crippen molar-refractivity contribution in [3.8, 4) is 23.0 Å². The molecule has 2 aromatic carbocycles. The summed E-state index contributed by atoms with van der Waals surface area (Å²) in [5, 5.41) is 93.0. The van der Waals surface area contributed by atoms with Gasteiger partial charge in [0, 0.05) is 57.3 Å². The van der Waals surface area contributed by atoms with Crippen LogP contribution in [0.2, 0.25) is 0 Å². The van der Waals surface area contributed by atoms with Crippen molar-refractivity contribution < 1.29 is 79.1 Å². The van der Waals surface area contributed by atoms with Crippen LogP contribution < -0.4 is 20.5 Å². The molecule has 0 spiro atoms. The van der Waals surface area contributed by atoms with Crippen molar-refractivity contribution in [1.29, 1.82) is 0 Å². The van der Waals surface area contributed by atoms with Gasteiger partial charge in [0.25, 0.3) is 0 Å². The molecule has 2 saturated heterocycles. The molecule has 2 saturated carbocycles. The van der Waals surface area contributed by atoms with Gasteiger partial charge in [0.1, 0.15) is 57.2 Å². The maximum Gasteiger partial charge on any atom is 0.202 e. The summed E-state index contributed by atoms with van der Waals surface area (Å²) in [6.07, 6.45) is 4.23. The lowest BCUT2D eigenvalue weighted by Crippen LogP contribution is -2.65. The largest absolute Gasteiger partial charge is 0.508 e. The zero-order valence-electron chi connectivity index (χ0n) is 43.8. The molecule has 11 N–H and O–H groups in total. The SMILES string of the molecule is CCN1CCCC1c1cc(O)c2c(c1OC)C[C@H]1C[C@H]3[C@H](N)C(=O)C(C(C)=O)=C(O)[C@@]3(O)C(=O)C1=C2O.CCN[C@@H]1C(=O)C(C(C)=O)=C(O)[C@@]2(O)C(=O)C3=C(O)c4c(O)cc(C5CCCN5CC)c(OC)c4C[C@H]3C[C@@H]12. The summed E-state index contributed by atoms with van der Waals surface area (Å²) in [6, 6.07) is 0.711. The third-order valence-electron chi connectivity index (χ3n) is 17.7. The summed E-state index contributed by atoms with van der Waals surface area (Å²) in [5.41, 5.74) is 2.07. The van der Waals surface area contributed by atoms with Crippen LogP contribution in [-0.2, 0) is 41.6 Å². The van der Waals surface area contributed by atoms with Gasteiger partial charge in [0.05, 0.1) is 37.4 Å². The number of likely N-dealkylation sites (N-methyl/N-ethyl adjacent to an activating group) is 1. The van der Waals surface area contributed by atoms with Gasteiger partial charge in [-0.05, 0) is 122 Å². The molecule has 20 heteroatoms. The molecule has 2 aliphatic heterocycles. The first-order valence-electron chi connectivity index (χ1n) is 26.2. The number of benzene rings is 2. The van der Waals surface area contributed by atoms with Crippen LogP contribution in [0, 0.1) is 23.7 Å². The Morgan fingerprint density at radius 3 is 1.47 bits per heavy atom. The normalized spacial score (nSPS) is 31.3. The number of carbonyl (C=O) groups excluding carboxylic acids is 6. The fraction of sp³-hybridized carbons (Fsp3) is 0.536. The predicted octanol–water partition coefficient (Wildman–Crippen LogP) is 3.91. The van der Waals surface area contributed by atoms with Gasteiger partial charge in [-0.1, -0.05) is 20.8 Å². The van der Waals surface area contributed by atoms with E-state index in [1.807, 2.05) is 0 Å². The van der Waals surface area contributed by atoms with Crippen molar-refractivity contribution in [2.24, 2.45) is 29.4 Å². The van der Waals surface area contributed by atoms with Crippen molar-refractivity contribution in [2.45, 2.75) is 121 Å². The number of aliphatic hydroxyl groups is 6. The molecule has 76 heavy (non-hydrogen) atoms. The molecule has 0 aromatic heterocycles. The number of phenolic OH excluding ortho intramolecular Hbond substituents is 2. The van der Waals surface area contributed by atoms with E-state index >= 15 is 0 Å². The van der Waals surface area contributed by atoms with E-state index in [2.05, 4.69) is 29.0 Å². The minimum atomic E-state index is -2.64. The Labute approximate surface area is 439 Å². The lowest BCUT2D eigenvalue weighted by atomic mass is 9.57. The lowest BCUT2D eigenvalue weighted by molar-refractivity contribution is -0.151. The topological polar surface area (TPSA) is 327 Å². The molecule has 10 rings (SSSR count). The Bertz CT molecular complexity index is 3030. The van der Waals surface area contributed by atoms with E-state index < -0.39 is 116 Å². The zero-order chi connectivity index (χ0) is 55.4. The third kappa shape index (κ3) is 7.75. The molecular formula is C56H68N4O16. The van der Waals surface area contributed by atoms with Gasteiger partial charge in [0.2, 0.25) is 11.6 Å². The van der Waals surface area contributed by atoms with Crippen molar-refractivity contribution >= 4 is 46.2 Å². The highest BCUT2D eigenvalue weighted by atomic mass is 16.5. The number of carbonyl (C=O) groups is 6. The van der Waals surface area contributed by atoms with Crippen LogP contribution in [0.15, 0.2) is 45.9 Å². The van der Waals surface area contributed by atoms with Crippen LogP contribution in [0.5, 0.6) is 23.0 Å². The van der Waals surface area contributed by atoms with Gasteiger partial charge in [-0.15, -0.1) is 0 Å². The first-order chi connectivity index (χ1) is 36.0. The van der Waals surface area contributed by atoms with Crippen LogP contribution >= 0.6 is 0 Å². The second-order valence-corrected chi connectivity index (χ2v) is 21.4. The molecule has 408 valence electrons. The molecule has 0 amide bonds. The Kier molecular flexibility index (Phi) is 14.2. The highest BCUT2D eigenvalue weighted by molar-refractivity contribution is 6.26. The summed E-state index contributed by atoms with van der Waals surface area (Å²) in [7, 11) is 3.06. The average molecular weight is 1050 g/mol. The number of ketones is 6. The van der Waals surface area contributed by atoms with E-state index in [1.54, 1.807) is 19.1 Å². The number of fused-ring (bicyclic) bond motifs is 6. The van der Waals surface area contributed by atoms with Crippen molar-refractivity contribution in [2.75, 3.05) is 46.9 Å². The van der Waals surface area contributed by atoms with Crippen molar-refractivity contribution in [3.05, 3.63) is 79.3 Å². The van der Waals surface area contributed by atoms with Gasteiger partial charge in [-0.25, -0.2) is 0 Å². The second kappa shape index (κ2) is 19.9. The second-order valence-electron chi connectivity index (χ2n) is 21.4. The van der Waals surface area contributed by atoms with Crippen molar-refractivity contribution in [1.82, 2.24) is 15.1 Å². The standard InChI is InChI=1S/C29H36N2O8.C27H32N2O8/c1-5-30-23-17-11-14-10-16-22(19(33)12-15(26(16)39-4)18-8-7-9-31(18)6-2)24(34)21(14)28(37)29(17,38)27(36)20(13(3)32)25(23)35;1-4-29-7-5-6-16(29)13-10-17(31)20-14(24(13)37-3)8-12-9-15-21(28)23(33)18(11(2)30)25(34)27(15,36)26(35)19(12)22(20)32/h12,14,17-18,23,30,33-34,36,38H,5-11H2,1-4H3;10,12,15-16,21,31-32,34,36H,4-9,28H2,1-3H3/t14-,17-,18?,23-,29+;12-,15-,16?,21-,27+/m00/s1. The highest BCUT2D eigenvalue weighted by Crippen LogP contribution is 2.57. The fourth-order valence-electron chi connectivity index (χ4n) is 14.3. The number of nitrogens with two attached hydrogens (primary N) is 1. The van der Waals surface area contributed by atoms with Gasteiger partial charge in [0.15, 0.2) is 34.3 Å². The molecule has 2 unspecified atom stereocenters. The smallest absolute Gasteiger partial charge is 0.202 e. The van der Waals surface area contributed by atoms with Gasteiger partial charge in [-0.3, -0.25) is 38.6 Å². The van der Waals surface area contributed by atoms with E-state index in [-0.39, 0.29) is 71.5 Å².